The third-order valence-corrected chi connectivity index (χ3v) is 3.01. The van der Waals surface area contributed by atoms with E-state index in [1.807, 2.05) is 13.8 Å². The van der Waals surface area contributed by atoms with E-state index in [2.05, 4.69) is 20.6 Å². The number of phenols is 1. The number of carboxylic acids is 1. The Morgan fingerprint density at radius 3 is 2.64 bits per heavy atom. The van der Waals surface area contributed by atoms with Crippen molar-refractivity contribution in [3.8, 4) is 5.75 Å². The maximum Gasteiger partial charge on any atom is 1.00 e. The molecular weight excluding hydrogens is 295 g/mol. The minimum atomic E-state index is -1.11. The van der Waals surface area contributed by atoms with Crippen LogP contribution in [0.15, 0.2) is 46.1 Å². The van der Waals surface area contributed by atoms with Crippen molar-refractivity contribution in [1.82, 2.24) is 10.6 Å². The second kappa shape index (κ2) is 7.44. The van der Waals surface area contributed by atoms with Crippen LogP contribution in [-0.2, 0) is 0 Å². The molecule has 1 aromatic rings. The SMILES string of the molecule is CC1=NC=C2NC=NC2(C)N1.O=C(O)c1ccccc1O.[H-].[Na+]. The molecule has 3 rings (SSSR count). The summed E-state index contributed by atoms with van der Waals surface area (Å²) in [5.41, 5.74) is 0.636. The number of aliphatic imine (C=N–C) groups is 2. The summed E-state index contributed by atoms with van der Waals surface area (Å²) >= 11 is 0. The number of hydrogen-bond acceptors (Lipinski definition) is 6. The Morgan fingerprint density at radius 1 is 1.36 bits per heavy atom. The molecule has 1 atom stereocenters. The molecule has 112 valence electrons. The number of aromatic hydroxyl groups is 1. The van der Waals surface area contributed by atoms with Crippen LogP contribution in [0.4, 0.5) is 0 Å². The number of aromatic carboxylic acids is 1. The van der Waals surface area contributed by atoms with Crippen molar-refractivity contribution >= 4 is 18.1 Å². The molecule has 7 nitrogen and oxygen atoms in total. The molecule has 0 aromatic heterocycles. The molecule has 2 heterocycles. The van der Waals surface area contributed by atoms with E-state index < -0.39 is 5.97 Å². The molecule has 0 radical (unpaired) electrons. The molecule has 0 fully saturated rings. The average molecular weight is 312 g/mol. The van der Waals surface area contributed by atoms with Crippen LogP contribution in [0.5, 0.6) is 5.75 Å². The molecule has 22 heavy (non-hydrogen) atoms. The predicted octanol–water partition coefficient (Wildman–Crippen LogP) is -1.60. The molecule has 0 saturated carbocycles. The van der Waals surface area contributed by atoms with E-state index in [-0.39, 0.29) is 48.0 Å². The van der Waals surface area contributed by atoms with Crippen LogP contribution in [0.25, 0.3) is 0 Å². The minimum Gasteiger partial charge on any atom is -1.00 e. The molecule has 0 amide bonds. The summed E-state index contributed by atoms with van der Waals surface area (Å²) in [6.45, 7) is 3.93. The van der Waals surface area contributed by atoms with Gasteiger partial charge in [-0.15, -0.1) is 0 Å². The van der Waals surface area contributed by atoms with E-state index in [4.69, 9.17) is 10.2 Å². The van der Waals surface area contributed by atoms with Crippen LogP contribution in [-0.4, -0.2) is 34.0 Å². The molecule has 4 N–H and O–H groups in total. The summed E-state index contributed by atoms with van der Waals surface area (Å²) < 4.78 is 0. The standard InChI is InChI=1S/C7H10N4.C7H6O3.Na.H/c1-5-8-3-6-7(2,11-5)10-4-9-6;8-6-4-2-1-3-5(6)7(9)10;;/h3-4H,1-2H3,(H,8,11)(H,9,10);1-4,8H,(H,9,10);;/q;;+1;-1. The van der Waals surface area contributed by atoms with Gasteiger partial charge in [-0.25, -0.2) is 14.8 Å². The molecule has 0 saturated heterocycles. The van der Waals surface area contributed by atoms with Gasteiger partial charge in [-0.1, -0.05) is 12.1 Å². The van der Waals surface area contributed by atoms with Gasteiger partial charge < -0.3 is 22.3 Å². The first kappa shape index (κ1) is 18.2. The van der Waals surface area contributed by atoms with Crippen molar-refractivity contribution in [2.75, 3.05) is 0 Å². The topological polar surface area (TPSA) is 106 Å². The number of nitrogens with zero attached hydrogens (tertiary/aromatic N) is 2. The van der Waals surface area contributed by atoms with E-state index >= 15 is 0 Å². The van der Waals surface area contributed by atoms with Crippen LogP contribution >= 0.6 is 0 Å². The van der Waals surface area contributed by atoms with Crippen molar-refractivity contribution < 1.29 is 46.0 Å². The quantitative estimate of drug-likeness (QED) is 0.468. The Labute approximate surface area is 151 Å². The first-order chi connectivity index (χ1) is 9.92. The zero-order valence-corrected chi connectivity index (χ0v) is 14.7. The molecule has 1 aromatic carbocycles. The Kier molecular flexibility index (Phi) is 6.16. The van der Waals surface area contributed by atoms with Crippen molar-refractivity contribution in [2.45, 2.75) is 19.5 Å². The fourth-order valence-corrected chi connectivity index (χ4v) is 1.90. The van der Waals surface area contributed by atoms with Gasteiger partial charge in [-0.05, 0) is 26.0 Å². The normalized spacial score (nSPS) is 20.8. The first-order valence-corrected chi connectivity index (χ1v) is 6.27. The van der Waals surface area contributed by atoms with E-state index in [0.29, 0.717) is 0 Å². The smallest absolute Gasteiger partial charge is 1.00 e. The maximum atomic E-state index is 10.3. The largest absolute Gasteiger partial charge is 1.00 e. The molecule has 1 unspecified atom stereocenters. The van der Waals surface area contributed by atoms with Gasteiger partial charge in [-0.3, -0.25) is 0 Å². The summed E-state index contributed by atoms with van der Waals surface area (Å²) in [6, 6.07) is 5.81. The van der Waals surface area contributed by atoms with Crippen molar-refractivity contribution in [1.29, 1.82) is 0 Å². The summed E-state index contributed by atoms with van der Waals surface area (Å²) in [5.74, 6) is -0.412. The number of carboxylic acid groups (broad SMARTS) is 1. The fourth-order valence-electron chi connectivity index (χ4n) is 1.90. The van der Waals surface area contributed by atoms with Crippen molar-refractivity contribution in [2.24, 2.45) is 9.98 Å². The van der Waals surface area contributed by atoms with Crippen LogP contribution < -0.4 is 40.2 Å². The van der Waals surface area contributed by atoms with Crippen LogP contribution in [0.3, 0.4) is 0 Å². The van der Waals surface area contributed by atoms with Gasteiger partial charge in [0, 0.05) is 0 Å². The third kappa shape index (κ3) is 4.09. The van der Waals surface area contributed by atoms with Crippen molar-refractivity contribution in [3.05, 3.63) is 41.7 Å². The molecule has 2 aliphatic heterocycles. The maximum absolute atomic E-state index is 10.3. The second-order valence-corrected chi connectivity index (χ2v) is 4.68. The molecule has 2 aliphatic rings. The van der Waals surface area contributed by atoms with Gasteiger partial charge in [0.2, 0.25) is 0 Å². The minimum absolute atomic E-state index is 0. The van der Waals surface area contributed by atoms with Gasteiger partial charge >= 0.3 is 35.5 Å². The number of fused-ring (bicyclic) bond motifs is 1. The number of nitrogens with one attached hydrogen (secondary N) is 2. The number of benzene rings is 1. The number of rotatable bonds is 1. The first-order valence-electron chi connectivity index (χ1n) is 6.27. The van der Waals surface area contributed by atoms with E-state index in [1.165, 1.54) is 12.1 Å². The molecule has 8 heteroatoms. The zero-order valence-electron chi connectivity index (χ0n) is 13.7. The summed E-state index contributed by atoms with van der Waals surface area (Å²) in [5, 5.41) is 23.5. The summed E-state index contributed by atoms with van der Waals surface area (Å²) in [7, 11) is 0. The average Bonchev–Trinajstić information content (AvgIpc) is 2.80. The third-order valence-electron chi connectivity index (χ3n) is 3.01. The van der Waals surface area contributed by atoms with Gasteiger partial charge in [0.15, 0.2) is 5.66 Å². The van der Waals surface area contributed by atoms with Gasteiger partial charge in [-0.2, -0.15) is 0 Å². The van der Waals surface area contributed by atoms with Gasteiger partial charge in [0.25, 0.3) is 0 Å². The zero-order chi connectivity index (χ0) is 15.5. The van der Waals surface area contributed by atoms with Crippen LogP contribution in [0, 0.1) is 0 Å². The van der Waals surface area contributed by atoms with E-state index in [1.54, 1.807) is 24.7 Å². The molecule has 0 aliphatic carbocycles. The fraction of sp³-hybridized carbons (Fsp3) is 0.214. The summed E-state index contributed by atoms with van der Waals surface area (Å²) in [6.07, 6.45) is 3.49. The Hall–Kier alpha value is -1.83. The van der Waals surface area contributed by atoms with Gasteiger partial charge in [0.1, 0.15) is 17.1 Å². The van der Waals surface area contributed by atoms with Crippen LogP contribution in [0.2, 0.25) is 0 Å². The Bertz CT molecular complexity index is 663. The Morgan fingerprint density at radius 2 is 2.05 bits per heavy atom. The van der Waals surface area contributed by atoms with E-state index in [9.17, 15) is 4.79 Å². The Balaban J connectivity index is 0.000000389. The van der Waals surface area contributed by atoms with Crippen LogP contribution in [0.1, 0.15) is 25.6 Å². The molecule has 0 spiro atoms. The predicted molar refractivity (Wildman–Crippen MR) is 80.5 cm³/mol. The monoisotopic (exact) mass is 312 g/mol. The van der Waals surface area contributed by atoms with Crippen molar-refractivity contribution in [3.63, 3.8) is 0 Å². The molecule has 0 bridgehead atoms. The van der Waals surface area contributed by atoms with Gasteiger partial charge in [0.05, 0.1) is 18.2 Å². The van der Waals surface area contributed by atoms with E-state index in [0.717, 1.165) is 11.5 Å². The second-order valence-electron chi connectivity index (χ2n) is 4.68. The number of amidine groups is 1. The number of para-hydroxylation sites is 1. The number of carbonyl (C=O) groups is 1. The summed E-state index contributed by atoms with van der Waals surface area (Å²) in [4.78, 5) is 18.6. The molecular formula is C14H17N4NaO3. The number of hydrogen-bond donors (Lipinski definition) is 4.